The number of piperidine rings is 1. The quantitative estimate of drug-likeness (QED) is 0.820. The van der Waals surface area contributed by atoms with Crippen molar-refractivity contribution < 1.29 is 9.59 Å². The van der Waals surface area contributed by atoms with Crippen molar-refractivity contribution >= 4 is 24.2 Å². The molecule has 2 fully saturated rings. The molecule has 0 aromatic rings. The van der Waals surface area contributed by atoms with Crippen molar-refractivity contribution in [3.05, 3.63) is 0 Å². The molecular formula is C16H30ClN3O2. The van der Waals surface area contributed by atoms with Crippen molar-refractivity contribution in [1.82, 2.24) is 10.2 Å². The second-order valence-electron chi connectivity index (χ2n) is 6.82. The first-order valence-electron chi connectivity index (χ1n) is 8.32. The van der Waals surface area contributed by atoms with Gasteiger partial charge in [-0.05, 0) is 38.1 Å². The van der Waals surface area contributed by atoms with Crippen LogP contribution in [0.25, 0.3) is 0 Å². The van der Waals surface area contributed by atoms with E-state index in [-0.39, 0.29) is 42.1 Å². The van der Waals surface area contributed by atoms with Gasteiger partial charge in [0.1, 0.15) is 0 Å². The van der Waals surface area contributed by atoms with E-state index in [0.29, 0.717) is 19.0 Å². The average Bonchev–Trinajstić information content (AvgIpc) is 2.95. The zero-order chi connectivity index (χ0) is 15.4. The molecule has 0 aromatic carbocycles. The average molecular weight is 332 g/mol. The SMILES string of the molecule is CC(C)C(=O)NC1CCCN(C(=O)[C@@H]2CCC[C@@H]2CN)C1.Cl. The van der Waals surface area contributed by atoms with E-state index in [4.69, 9.17) is 5.73 Å². The smallest absolute Gasteiger partial charge is 0.226 e. The van der Waals surface area contributed by atoms with Crippen molar-refractivity contribution in [1.29, 1.82) is 0 Å². The molecule has 1 aliphatic heterocycles. The van der Waals surface area contributed by atoms with E-state index < -0.39 is 0 Å². The number of hydrogen-bond acceptors (Lipinski definition) is 3. The number of likely N-dealkylation sites (tertiary alicyclic amines) is 1. The minimum absolute atomic E-state index is 0. The Labute approximate surface area is 139 Å². The molecule has 3 atom stereocenters. The monoisotopic (exact) mass is 331 g/mol. The predicted molar refractivity (Wildman–Crippen MR) is 89.7 cm³/mol. The maximum absolute atomic E-state index is 12.7. The summed E-state index contributed by atoms with van der Waals surface area (Å²) in [5, 5.41) is 3.06. The molecule has 1 aliphatic carbocycles. The number of rotatable bonds is 4. The zero-order valence-electron chi connectivity index (χ0n) is 13.7. The van der Waals surface area contributed by atoms with Crippen molar-refractivity contribution in [3.8, 4) is 0 Å². The van der Waals surface area contributed by atoms with Gasteiger partial charge in [0.2, 0.25) is 11.8 Å². The molecular weight excluding hydrogens is 302 g/mol. The third kappa shape index (κ3) is 4.59. The highest BCUT2D eigenvalue weighted by molar-refractivity contribution is 5.85. The van der Waals surface area contributed by atoms with Crippen LogP contribution in [0.15, 0.2) is 0 Å². The maximum atomic E-state index is 12.7. The number of hydrogen-bond donors (Lipinski definition) is 2. The molecule has 22 heavy (non-hydrogen) atoms. The first kappa shape index (κ1) is 19.2. The Kier molecular flexibility index (Phi) is 7.63. The van der Waals surface area contributed by atoms with Gasteiger partial charge in [0, 0.05) is 31.0 Å². The molecule has 128 valence electrons. The summed E-state index contributed by atoms with van der Waals surface area (Å²) in [7, 11) is 0. The fourth-order valence-corrected chi connectivity index (χ4v) is 3.54. The van der Waals surface area contributed by atoms with Gasteiger partial charge in [0.25, 0.3) is 0 Å². The lowest BCUT2D eigenvalue weighted by atomic mass is 9.93. The Hall–Kier alpha value is -0.810. The third-order valence-electron chi connectivity index (χ3n) is 4.88. The molecule has 0 radical (unpaired) electrons. The normalized spacial score (nSPS) is 28.4. The highest BCUT2D eigenvalue weighted by Crippen LogP contribution is 2.33. The summed E-state index contributed by atoms with van der Waals surface area (Å²) >= 11 is 0. The first-order valence-corrected chi connectivity index (χ1v) is 8.32. The van der Waals surface area contributed by atoms with Crippen LogP contribution in [0.4, 0.5) is 0 Å². The van der Waals surface area contributed by atoms with Crippen molar-refractivity contribution in [2.24, 2.45) is 23.5 Å². The van der Waals surface area contributed by atoms with Gasteiger partial charge in [-0.2, -0.15) is 0 Å². The fraction of sp³-hybridized carbons (Fsp3) is 0.875. The van der Waals surface area contributed by atoms with Crippen LogP contribution in [0, 0.1) is 17.8 Å². The van der Waals surface area contributed by atoms with Gasteiger partial charge in [-0.3, -0.25) is 9.59 Å². The first-order chi connectivity index (χ1) is 10.0. The van der Waals surface area contributed by atoms with Gasteiger partial charge in [0.15, 0.2) is 0 Å². The minimum atomic E-state index is -0.00692. The summed E-state index contributed by atoms with van der Waals surface area (Å²) < 4.78 is 0. The lowest BCUT2D eigenvalue weighted by Gasteiger charge is -2.36. The number of carbonyl (C=O) groups excluding carboxylic acids is 2. The van der Waals surface area contributed by atoms with Crippen molar-refractivity contribution in [2.75, 3.05) is 19.6 Å². The molecule has 0 spiro atoms. The Morgan fingerprint density at radius 1 is 1.23 bits per heavy atom. The molecule has 3 N–H and O–H groups in total. The van der Waals surface area contributed by atoms with Crippen molar-refractivity contribution in [2.45, 2.75) is 52.0 Å². The van der Waals surface area contributed by atoms with Crippen LogP contribution in [0.5, 0.6) is 0 Å². The summed E-state index contributed by atoms with van der Waals surface area (Å²) in [6.45, 7) is 5.88. The minimum Gasteiger partial charge on any atom is -0.351 e. The Morgan fingerprint density at radius 2 is 1.95 bits per heavy atom. The van der Waals surface area contributed by atoms with Gasteiger partial charge in [-0.15, -0.1) is 12.4 Å². The molecule has 2 aliphatic rings. The molecule has 6 heteroatoms. The lowest BCUT2D eigenvalue weighted by Crippen LogP contribution is -2.52. The zero-order valence-corrected chi connectivity index (χ0v) is 14.5. The van der Waals surface area contributed by atoms with Crippen LogP contribution < -0.4 is 11.1 Å². The second-order valence-corrected chi connectivity index (χ2v) is 6.82. The van der Waals surface area contributed by atoms with E-state index in [2.05, 4.69) is 5.32 Å². The van der Waals surface area contributed by atoms with Crippen LogP contribution >= 0.6 is 12.4 Å². The van der Waals surface area contributed by atoms with Gasteiger partial charge >= 0.3 is 0 Å². The molecule has 1 saturated heterocycles. The highest BCUT2D eigenvalue weighted by Gasteiger charge is 2.36. The van der Waals surface area contributed by atoms with Crippen LogP contribution in [-0.4, -0.2) is 42.4 Å². The molecule has 0 bridgehead atoms. The summed E-state index contributed by atoms with van der Waals surface area (Å²) in [5.74, 6) is 0.784. The number of nitrogens with zero attached hydrogens (tertiary/aromatic N) is 1. The number of nitrogens with one attached hydrogen (secondary N) is 1. The fourth-order valence-electron chi connectivity index (χ4n) is 3.54. The molecule has 1 saturated carbocycles. The molecule has 1 heterocycles. The van der Waals surface area contributed by atoms with Crippen LogP contribution in [0.3, 0.4) is 0 Å². The predicted octanol–water partition coefficient (Wildman–Crippen LogP) is 1.55. The van der Waals surface area contributed by atoms with Crippen LogP contribution in [0.2, 0.25) is 0 Å². The lowest BCUT2D eigenvalue weighted by molar-refractivity contribution is -0.139. The van der Waals surface area contributed by atoms with Crippen molar-refractivity contribution in [3.63, 3.8) is 0 Å². The van der Waals surface area contributed by atoms with Crippen LogP contribution in [0.1, 0.15) is 46.0 Å². The molecule has 0 aromatic heterocycles. The van der Waals surface area contributed by atoms with E-state index in [1.54, 1.807) is 0 Å². The molecule has 1 unspecified atom stereocenters. The van der Waals surface area contributed by atoms with Gasteiger partial charge < -0.3 is 16.0 Å². The molecule has 2 amide bonds. The van der Waals surface area contributed by atoms with E-state index in [1.165, 1.54) is 0 Å². The standard InChI is InChI=1S/C16H29N3O2.ClH/c1-11(2)15(20)18-13-6-4-8-19(10-13)16(21)14-7-3-5-12(14)9-17;/h11-14H,3-10,17H2,1-2H3,(H,18,20);1H/t12-,13?,14-;/m1./s1. The summed E-state index contributed by atoms with van der Waals surface area (Å²) in [6.07, 6.45) is 5.09. The van der Waals surface area contributed by atoms with E-state index >= 15 is 0 Å². The molecule has 2 rings (SSSR count). The summed E-state index contributed by atoms with van der Waals surface area (Å²) in [5.41, 5.74) is 5.79. The third-order valence-corrected chi connectivity index (χ3v) is 4.88. The Morgan fingerprint density at radius 3 is 2.59 bits per heavy atom. The second kappa shape index (κ2) is 8.73. The van der Waals surface area contributed by atoms with E-state index in [9.17, 15) is 9.59 Å². The summed E-state index contributed by atoms with van der Waals surface area (Å²) in [6, 6.07) is 0.107. The Bertz CT molecular complexity index is 390. The summed E-state index contributed by atoms with van der Waals surface area (Å²) in [4.78, 5) is 26.5. The Balaban J connectivity index is 0.00000242. The van der Waals surface area contributed by atoms with E-state index in [1.807, 2.05) is 18.7 Å². The highest BCUT2D eigenvalue weighted by atomic mass is 35.5. The van der Waals surface area contributed by atoms with E-state index in [0.717, 1.165) is 38.6 Å². The van der Waals surface area contributed by atoms with Gasteiger partial charge in [0.05, 0.1) is 0 Å². The largest absolute Gasteiger partial charge is 0.351 e. The number of carbonyl (C=O) groups is 2. The van der Waals surface area contributed by atoms with Gasteiger partial charge in [-0.1, -0.05) is 20.3 Å². The topological polar surface area (TPSA) is 75.4 Å². The maximum Gasteiger partial charge on any atom is 0.226 e. The number of nitrogens with two attached hydrogens (primary N) is 1. The van der Waals surface area contributed by atoms with Gasteiger partial charge in [-0.25, -0.2) is 0 Å². The number of halogens is 1. The number of amides is 2. The van der Waals surface area contributed by atoms with Crippen LogP contribution in [-0.2, 0) is 9.59 Å². The molecule has 5 nitrogen and oxygen atoms in total.